The molecule has 0 aromatic carbocycles. The zero-order valence-electron chi connectivity index (χ0n) is 14.3. The monoisotopic (exact) mass is 332 g/mol. The van der Waals surface area contributed by atoms with Gasteiger partial charge in [-0.25, -0.2) is 4.98 Å². The second-order valence-corrected chi connectivity index (χ2v) is 6.98. The van der Waals surface area contributed by atoms with Crippen molar-refractivity contribution in [3.63, 3.8) is 0 Å². The number of rotatable bonds is 5. The van der Waals surface area contributed by atoms with Gasteiger partial charge in [0.1, 0.15) is 5.82 Å². The van der Waals surface area contributed by atoms with Crippen molar-refractivity contribution in [2.75, 3.05) is 49.5 Å². The lowest BCUT2D eigenvalue weighted by Gasteiger charge is -2.35. The van der Waals surface area contributed by atoms with Gasteiger partial charge < -0.3 is 26.0 Å². The molecule has 0 radical (unpaired) electrons. The van der Waals surface area contributed by atoms with Crippen molar-refractivity contribution in [1.82, 2.24) is 15.3 Å². The SMILES string of the molecule is NCC[C@@H]1CN(c2nc(NC3CC3)nc3c2CCNCC3)CCO1. The Morgan fingerprint density at radius 1 is 1.25 bits per heavy atom. The normalized spacial score (nSPS) is 24.4. The van der Waals surface area contributed by atoms with Crippen molar-refractivity contribution in [1.29, 1.82) is 0 Å². The lowest BCUT2D eigenvalue weighted by atomic mass is 10.1. The summed E-state index contributed by atoms with van der Waals surface area (Å²) in [6.07, 6.45) is 5.53. The fourth-order valence-electron chi connectivity index (χ4n) is 3.53. The molecule has 0 unspecified atom stereocenters. The average molecular weight is 332 g/mol. The largest absolute Gasteiger partial charge is 0.374 e. The number of aromatic nitrogens is 2. The first kappa shape index (κ1) is 16.1. The summed E-state index contributed by atoms with van der Waals surface area (Å²) in [5.41, 5.74) is 8.24. The lowest BCUT2D eigenvalue weighted by Crippen LogP contribution is -2.44. The summed E-state index contributed by atoms with van der Waals surface area (Å²) in [4.78, 5) is 12.1. The predicted octanol–water partition coefficient (Wildman–Crippen LogP) is 0.293. The zero-order chi connectivity index (χ0) is 16.4. The molecule has 2 aliphatic heterocycles. The Bertz CT molecular complexity index is 574. The van der Waals surface area contributed by atoms with Crippen molar-refractivity contribution < 1.29 is 4.74 Å². The van der Waals surface area contributed by atoms with Crippen molar-refractivity contribution in [3.05, 3.63) is 11.3 Å². The highest BCUT2D eigenvalue weighted by atomic mass is 16.5. The third-order valence-electron chi connectivity index (χ3n) is 5.00. The van der Waals surface area contributed by atoms with Crippen LogP contribution in [-0.4, -0.2) is 61.4 Å². The molecule has 0 bridgehead atoms. The molecule has 0 amide bonds. The van der Waals surface area contributed by atoms with E-state index in [1.807, 2.05) is 0 Å². The Hall–Kier alpha value is -1.44. The molecule has 1 saturated carbocycles. The summed E-state index contributed by atoms with van der Waals surface area (Å²) in [5.74, 6) is 1.91. The predicted molar refractivity (Wildman–Crippen MR) is 94.6 cm³/mol. The molecular weight excluding hydrogens is 304 g/mol. The number of ether oxygens (including phenoxy) is 1. The first-order valence-electron chi connectivity index (χ1n) is 9.27. The summed E-state index contributed by atoms with van der Waals surface area (Å²) in [5, 5.41) is 6.96. The molecular formula is C17H28N6O. The van der Waals surface area contributed by atoms with E-state index in [9.17, 15) is 0 Å². The fraction of sp³-hybridized carbons (Fsp3) is 0.765. The molecule has 4 N–H and O–H groups in total. The highest BCUT2D eigenvalue weighted by molar-refractivity contribution is 5.54. The number of hydrogen-bond acceptors (Lipinski definition) is 7. The minimum Gasteiger partial charge on any atom is -0.374 e. The van der Waals surface area contributed by atoms with Gasteiger partial charge in [-0.05, 0) is 38.8 Å². The molecule has 1 saturated heterocycles. The number of nitrogens with two attached hydrogens (primary N) is 1. The van der Waals surface area contributed by atoms with Crippen molar-refractivity contribution >= 4 is 11.8 Å². The molecule has 1 aromatic rings. The number of anilines is 2. The molecule has 1 atom stereocenters. The Kier molecular flexibility index (Phi) is 4.82. The van der Waals surface area contributed by atoms with E-state index in [1.165, 1.54) is 24.1 Å². The van der Waals surface area contributed by atoms with Gasteiger partial charge in [0.15, 0.2) is 0 Å². The summed E-state index contributed by atoms with van der Waals surface area (Å²) < 4.78 is 5.85. The van der Waals surface area contributed by atoms with Crippen LogP contribution in [0, 0.1) is 0 Å². The van der Waals surface area contributed by atoms with Gasteiger partial charge in [0.2, 0.25) is 5.95 Å². The van der Waals surface area contributed by atoms with Crippen LogP contribution in [0.5, 0.6) is 0 Å². The average Bonchev–Trinajstić information content (AvgIpc) is 3.41. The Morgan fingerprint density at radius 3 is 2.96 bits per heavy atom. The fourth-order valence-corrected chi connectivity index (χ4v) is 3.53. The number of morpholine rings is 1. The van der Waals surface area contributed by atoms with E-state index in [-0.39, 0.29) is 6.10 Å². The van der Waals surface area contributed by atoms with Gasteiger partial charge >= 0.3 is 0 Å². The first-order valence-corrected chi connectivity index (χ1v) is 9.27. The molecule has 3 aliphatic rings. The molecule has 2 fully saturated rings. The summed E-state index contributed by atoms with van der Waals surface area (Å²) in [6.45, 7) is 5.16. The molecule has 4 rings (SSSR count). The summed E-state index contributed by atoms with van der Waals surface area (Å²) >= 11 is 0. The van der Waals surface area contributed by atoms with E-state index in [1.54, 1.807) is 0 Å². The molecule has 3 heterocycles. The quantitative estimate of drug-likeness (QED) is 0.714. The Morgan fingerprint density at radius 2 is 2.12 bits per heavy atom. The Balaban J connectivity index is 1.63. The van der Waals surface area contributed by atoms with Crippen molar-refractivity contribution in [2.45, 2.75) is 44.2 Å². The van der Waals surface area contributed by atoms with Crippen LogP contribution < -0.4 is 21.3 Å². The molecule has 132 valence electrons. The second kappa shape index (κ2) is 7.21. The minimum absolute atomic E-state index is 0.207. The van der Waals surface area contributed by atoms with E-state index < -0.39 is 0 Å². The highest BCUT2D eigenvalue weighted by Gasteiger charge is 2.28. The van der Waals surface area contributed by atoms with E-state index in [0.717, 1.165) is 63.8 Å². The van der Waals surface area contributed by atoms with Crippen LogP contribution in [0.1, 0.15) is 30.5 Å². The van der Waals surface area contributed by atoms with Gasteiger partial charge in [0.05, 0.1) is 18.4 Å². The maximum absolute atomic E-state index is 5.85. The Labute approximate surface area is 143 Å². The molecule has 7 nitrogen and oxygen atoms in total. The highest BCUT2D eigenvalue weighted by Crippen LogP contribution is 2.29. The van der Waals surface area contributed by atoms with Gasteiger partial charge in [0, 0.05) is 37.7 Å². The van der Waals surface area contributed by atoms with Crippen LogP contribution in [-0.2, 0) is 17.6 Å². The lowest BCUT2D eigenvalue weighted by molar-refractivity contribution is 0.0365. The van der Waals surface area contributed by atoms with Crippen LogP contribution in [0.25, 0.3) is 0 Å². The van der Waals surface area contributed by atoms with Crippen molar-refractivity contribution in [2.24, 2.45) is 5.73 Å². The zero-order valence-corrected chi connectivity index (χ0v) is 14.3. The van der Waals surface area contributed by atoms with Crippen LogP contribution >= 0.6 is 0 Å². The van der Waals surface area contributed by atoms with Gasteiger partial charge in [-0.2, -0.15) is 4.98 Å². The van der Waals surface area contributed by atoms with Crippen LogP contribution in [0.4, 0.5) is 11.8 Å². The molecule has 1 aromatic heterocycles. The number of fused-ring (bicyclic) bond motifs is 1. The maximum atomic E-state index is 5.85. The van der Waals surface area contributed by atoms with E-state index in [0.29, 0.717) is 12.6 Å². The number of nitrogens with one attached hydrogen (secondary N) is 2. The second-order valence-electron chi connectivity index (χ2n) is 6.98. The van der Waals surface area contributed by atoms with Crippen LogP contribution in [0.3, 0.4) is 0 Å². The van der Waals surface area contributed by atoms with E-state index >= 15 is 0 Å². The van der Waals surface area contributed by atoms with Gasteiger partial charge in [0.25, 0.3) is 0 Å². The number of nitrogens with zero attached hydrogens (tertiary/aromatic N) is 3. The molecule has 1 aliphatic carbocycles. The van der Waals surface area contributed by atoms with Gasteiger partial charge in [-0.3, -0.25) is 0 Å². The maximum Gasteiger partial charge on any atom is 0.225 e. The van der Waals surface area contributed by atoms with Crippen LogP contribution in [0.2, 0.25) is 0 Å². The van der Waals surface area contributed by atoms with Crippen molar-refractivity contribution in [3.8, 4) is 0 Å². The molecule has 7 heteroatoms. The van der Waals surface area contributed by atoms with E-state index in [4.69, 9.17) is 20.4 Å². The third-order valence-corrected chi connectivity index (χ3v) is 5.00. The standard InChI is InChI=1S/C17H28N6O/c18-6-3-13-11-23(9-10-24-13)16-14-4-7-19-8-5-15(14)21-17(22-16)20-12-1-2-12/h12-13,19H,1-11,18H2,(H,20,21,22)/t13-/m1/s1. The van der Waals surface area contributed by atoms with Crippen LogP contribution in [0.15, 0.2) is 0 Å². The minimum atomic E-state index is 0.207. The third kappa shape index (κ3) is 3.63. The summed E-state index contributed by atoms with van der Waals surface area (Å²) in [7, 11) is 0. The van der Waals surface area contributed by atoms with Gasteiger partial charge in [-0.15, -0.1) is 0 Å². The van der Waals surface area contributed by atoms with E-state index in [2.05, 4.69) is 15.5 Å². The number of hydrogen-bond donors (Lipinski definition) is 3. The molecule has 0 spiro atoms. The molecule has 24 heavy (non-hydrogen) atoms. The smallest absolute Gasteiger partial charge is 0.225 e. The summed E-state index contributed by atoms with van der Waals surface area (Å²) in [6, 6.07) is 0.564. The topological polar surface area (TPSA) is 88.3 Å². The van der Waals surface area contributed by atoms with Gasteiger partial charge in [-0.1, -0.05) is 0 Å². The first-order chi connectivity index (χ1) is 11.8.